The topological polar surface area (TPSA) is 20.3 Å². The van der Waals surface area contributed by atoms with Crippen LogP contribution in [0, 0.1) is 0 Å². The average molecular weight is 115 g/mol. The first-order valence-corrected chi connectivity index (χ1v) is 3.37. The highest BCUT2D eigenvalue weighted by molar-refractivity contribution is 6.41. The summed E-state index contributed by atoms with van der Waals surface area (Å²) in [5.74, 6) is 0.102. The summed E-state index contributed by atoms with van der Waals surface area (Å²) in [5, 5.41) is 0. The minimum absolute atomic E-state index is 0.0648. The van der Waals surface area contributed by atoms with Crippen molar-refractivity contribution < 1.29 is 4.79 Å². The van der Waals surface area contributed by atoms with Crippen LogP contribution in [0.4, 0.5) is 0 Å². The summed E-state index contributed by atoms with van der Waals surface area (Å²) in [6.45, 7) is 1.54. The molecule has 0 aliphatic rings. The third kappa shape index (κ3) is 2.28. The van der Waals surface area contributed by atoms with Crippen LogP contribution < -0.4 is 0 Å². The van der Waals surface area contributed by atoms with E-state index in [0.717, 1.165) is 0 Å². The van der Waals surface area contributed by atoms with E-state index < -0.39 is 0 Å². The molecule has 0 spiro atoms. The highest BCUT2D eigenvalue weighted by atomic mass is 28.2. The van der Waals surface area contributed by atoms with Crippen molar-refractivity contribution >= 4 is 21.4 Å². The van der Waals surface area contributed by atoms with Gasteiger partial charge in [0.2, 0.25) is 5.91 Å². The van der Waals surface area contributed by atoms with Crippen molar-refractivity contribution in [1.29, 1.82) is 0 Å². The molecular weight excluding hydrogens is 106 g/mol. The first-order valence-electron chi connectivity index (χ1n) is 2.04. The molecule has 2 nitrogen and oxygen atoms in total. The molecule has 0 saturated carbocycles. The number of hydrogen-bond donors (Lipinski definition) is 0. The fourth-order valence-corrected chi connectivity index (χ4v) is 0.386. The summed E-state index contributed by atoms with van der Waals surface area (Å²) in [6.07, 6.45) is 3.60. The van der Waals surface area contributed by atoms with Crippen LogP contribution in [0.15, 0.2) is 0 Å². The molecule has 0 aliphatic heterocycles. The zero-order valence-electron chi connectivity index (χ0n) is 4.64. The first kappa shape index (κ1) is 6.56. The molecule has 0 saturated heterocycles. The van der Waals surface area contributed by atoms with E-state index >= 15 is 0 Å². The molecule has 0 aromatic heterocycles. The van der Waals surface area contributed by atoms with Crippen molar-refractivity contribution in [3.05, 3.63) is 0 Å². The summed E-state index contributed by atoms with van der Waals surface area (Å²) in [6, 6.07) is 0. The molecule has 40 valence electrons. The molecule has 0 fully saturated rings. The lowest BCUT2D eigenvalue weighted by atomic mass is 10.7. The lowest BCUT2D eigenvalue weighted by Crippen LogP contribution is -2.22. The smallest absolute Gasteiger partial charge is 0.215 e. The van der Waals surface area contributed by atoms with Crippen LogP contribution in [0.3, 0.4) is 0 Å². The highest BCUT2D eigenvalue weighted by Gasteiger charge is 1.90. The zero-order valence-corrected chi connectivity index (χ0v) is 5.79. The average Bonchev–Trinajstić information content (AvgIpc) is 1.65. The van der Waals surface area contributed by atoms with Crippen LogP contribution in [0.2, 0.25) is 0 Å². The second-order valence-corrected chi connectivity index (χ2v) is 2.45. The van der Waals surface area contributed by atoms with Gasteiger partial charge in [-0.05, 0) is 0 Å². The van der Waals surface area contributed by atoms with E-state index in [1.807, 2.05) is 0 Å². The van der Waals surface area contributed by atoms with Crippen LogP contribution in [-0.2, 0) is 4.79 Å². The fraction of sp³-hybridized carbons (Fsp3) is 0.500. The predicted molar refractivity (Wildman–Crippen MR) is 32.7 cm³/mol. The Bertz CT molecular complexity index is 91.7. The molecule has 0 heterocycles. The number of rotatable bonds is 1. The SMILES string of the molecule is C=[SiH]N(C)C(C)=O. The Morgan fingerprint density at radius 3 is 2.29 bits per heavy atom. The lowest BCUT2D eigenvalue weighted by molar-refractivity contribution is -0.123. The van der Waals surface area contributed by atoms with Gasteiger partial charge in [-0.1, -0.05) is 0 Å². The summed E-state index contributed by atoms with van der Waals surface area (Å²) >= 11 is 0. The number of carbonyl (C=O) groups is 1. The van der Waals surface area contributed by atoms with Gasteiger partial charge in [0.15, 0.2) is 0 Å². The largest absolute Gasteiger partial charge is 0.355 e. The molecule has 0 unspecified atom stereocenters. The summed E-state index contributed by atoms with van der Waals surface area (Å²) in [5.41, 5.74) is 0. The molecule has 1 amide bonds. The Balaban J connectivity index is 3.55. The van der Waals surface area contributed by atoms with Crippen molar-refractivity contribution in [3.63, 3.8) is 0 Å². The van der Waals surface area contributed by atoms with Crippen molar-refractivity contribution in [2.45, 2.75) is 6.92 Å². The van der Waals surface area contributed by atoms with Crippen LogP contribution >= 0.6 is 0 Å². The van der Waals surface area contributed by atoms with Gasteiger partial charge in [-0.25, -0.2) is 0 Å². The third-order valence-corrected chi connectivity index (χ3v) is 1.68. The van der Waals surface area contributed by atoms with Gasteiger partial charge < -0.3 is 4.57 Å². The van der Waals surface area contributed by atoms with Gasteiger partial charge in [-0.15, -0.1) is 6.17 Å². The predicted octanol–water partition coefficient (Wildman–Crippen LogP) is -0.752. The number of carbonyl (C=O) groups excluding carboxylic acids is 1. The van der Waals surface area contributed by atoms with Gasteiger partial charge in [0.1, 0.15) is 9.29 Å². The molecule has 0 rings (SSSR count). The van der Waals surface area contributed by atoms with Gasteiger partial charge in [0.05, 0.1) is 0 Å². The standard InChI is InChI=1S/C4H9NOSi/c1-4(6)5(2)7-3/h7H,3H2,1-2H3. The van der Waals surface area contributed by atoms with Crippen LogP contribution in [0.1, 0.15) is 6.92 Å². The van der Waals surface area contributed by atoms with E-state index in [1.54, 1.807) is 11.6 Å². The number of amides is 1. The molecule has 0 N–H and O–H groups in total. The first-order chi connectivity index (χ1) is 3.18. The number of hydrogen-bond acceptors (Lipinski definition) is 1. The van der Waals surface area contributed by atoms with Crippen molar-refractivity contribution in [2.24, 2.45) is 0 Å². The highest BCUT2D eigenvalue weighted by Crippen LogP contribution is 1.70. The maximum absolute atomic E-state index is 10.3. The molecular formula is C4H9NOSi. The normalized spacial score (nSPS) is 7.71. The maximum atomic E-state index is 10.3. The Morgan fingerprint density at radius 2 is 2.29 bits per heavy atom. The molecule has 0 aromatic rings. The van der Waals surface area contributed by atoms with E-state index in [2.05, 4.69) is 6.17 Å². The van der Waals surface area contributed by atoms with E-state index in [4.69, 9.17) is 0 Å². The van der Waals surface area contributed by atoms with Crippen molar-refractivity contribution in [3.8, 4) is 0 Å². The summed E-state index contributed by atoms with van der Waals surface area (Å²) in [4.78, 5) is 10.3. The Hall–Kier alpha value is -0.443. The van der Waals surface area contributed by atoms with E-state index in [9.17, 15) is 4.79 Å². The van der Waals surface area contributed by atoms with Gasteiger partial charge in [0, 0.05) is 14.0 Å². The van der Waals surface area contributed by atoms with Gasteiger partial charge in [0.25, 0.3) is 0 Å². The molecule has 0 atom stereocenters. The van der Waals surface area contributed by atoms with Crippen LogP contribution in [0.25, 0.3) is 0 Å². The minimum Gasteiger partial charge on any atom is -0.355 e. The molecule has 0 aromatic carbocycles. The minimum atomic E-state index is -0.0648. The van der Waals surface area contributed by atoms with Gasteiger partial charge in [-0.2, -0.15) is 0 Å². The molecule has 3 heteroatoms. The van der Waals surface area contributed by atoms with Gasteiger partial charge in [-0.3, -0.25) is 4.79 Å². The van der Waals surface area contributed by atoms with Crippen LogP contribution in [0.5, 0.6) is 0 Å². The molecule has 0 radical (unpaired) electrons. The molecule has 0 aliphatic carbocycles. The Kier molecular flexibility index (Phi) is 2.51. The number of nitrogens with zero attached hydrogens (tertiary/aromatic N) is 1. The lowest BCUT2D eigenvalue weighted by Gasteiger charge is -2.04. The van der Waals surface area contributed by atoms with Crippen LogP contribution in [-0.4, -0.2) is 33.0 Å². The van der Waals surface area contributed by atoms with Crippen molar-refractivity contribution in [1.82, 2.24) is 4.57 Å². The monoisotopic (exact) mass is 115 g/mol. The third-order valence-electron chi connectivity index (χ3n) is 0.771. The quantitative estimate of drug-likeness (QED) is 0.412. The maximum Gasteiger partial charge on any atom is 0.215 e. The fourth-order valence-electron chi connectivity index (χ4n) is 0.129. The van der Waals surface area contributed by atoms with E-state index in [0.29, 0.717) is 0 Å². The van der Waals surface area contributed by atoms with Crippen molar-refractivity contribution in [2.75, 3.05) is 7.05 Å². The molecule has 0 bridgehead atoms. The summed E-state index contributed by atoms with van der Waals surface area (Å²) < 4.78 is 1.62. The molecule has 7 heavy (non-hydrogen) atoms. The van der Waals surface area contributed by atoms with E-state index in [-0.39, 0.29) is 15.2 Å². The van der Waals surface area contributed by atoms with E-state index in [1.165, 1.54) is 6.92 Å². The summed E-state index contributed by atoms with van der Waals surface area (Å²) in [7, 11) is 1.69. The van der Waals surface area contributed by atoms with Gasteiger partial charge >= 0.3 is 0 Å². The second kappa shape index (κ2) is 2.68. The Labute approximate surface area is 45.6 Å². The zero-order chi connectivity index (χ0) is 5.86. The Morgan fingerprint density at radius 1 is 1.86 bits per heavy atom. The second-order valence-electron chi connectivity index (χ2n) is 1.31.